The lowest BCUT2D eigenvalue weighted by molar-refractivity contribution is -0.138. The minimum atomic E-state index is -0.750. The lowest BCUT2D eigenvalue weighted by atomic mass is 9.96. The maximum Gasteiger partial charge on any atom is 0.321 e. The molecule has 2 N–H and O–H groups in total. The molecule has 3 atom stereocenters. The topological polar surface area (TPSA) is 49.3 Å². The quantitative estimate of drug-likeness (QED) is 0.867. The first-order valence-corrected chi connectivity index (χ1v) is 8.21. The molecule has 0 aromatic heterocycles. The van der Waals surface area contributed by atoms with E-state index in [9.17, 15) is 4.79 Å². The van der Waals surface area contributed by atoms with Crippen LogP contribution < -0.4 is 5.32 Å². The predicted molar refractivity (Wildman–Crippen MR) is 91.5 cm³/mol. The number of hydrogen-bond acceptors (Lipinski definition) is 3. The second-order valence-electron chi connectivity index (χ2n) is 5.94. The molecule has 0 bridgehead atoms. The van der Waals surface area contributed by atoms with Gasteiger partial charge in [0.15, 0.2) is 0 Å². The number of thioether (sulfide) groups is 1. The Kier molecular flexibility index (Phi) is 7.04. The first-order valence-electron chi connectivity index (χ1n) is 7.16. The van der Waals surface area contributed by atoms with Gasteiger partial charge in [-0.2, -0.15) is 0 Å². The Labute approximate surface area is 137 Å². The second kappa shape index (κ2) is 8.06. The standard InChI is InChI=1S/C16H23NO2S.ClH/c1-10(2)8-12-4-6-13(7-5-12)11(3)15-17-14(9-20-15)16(18)19;/h4-7,10-11,14-15,17H,8-9H2,1-3H3,(H,18,19);1H/t11?,14-,15?;/m0./s1. The van der Waals surface area contributed by atoms with Gasteiger partial charge in [-0.05, 0) is 23.5 Å². The monoisotopic (exact) mass is 329 g/mol. The molecule has 1 heterocycles. The number of rotatable bonds is 5. The summed E-state index contributed by atoms with van der Waals surface area (Å²) >= 11 is 1.70. The number of nitrogens with one attached hydrogen (secondary N) is 1. The van der Waals surface area contributed by atoms with E-state index in [1.165, 1.54) is 11.1 Å². The van der Waals surface area contributed by atoms with E-state index in [1.54, 1.807) is 11.8 Å². The van der Waals surface area contributed by atoms with Crippen molar-refractivity contribution in [2.45, 2.75) is 44.5 Å². The van der Waals surface area contributed by atoms with Crippen LogP contribution in [0.15, 0.2) is 24.3 Å². The first-order chi connectivity index (χ1) is 9.47. The molecule has 2 rings (SSSR count). The zero-order valence-corrected chi connectivity index (χ0v) is 14.3. The zero-order chi connectivity index (χ0) is 14.7. The van der Waals surface area contributed by atoms with Gasteiger partial charge in [0.05, 0.1) is 5.37 Å². The van der Waals surface area contributed by atoms with Gasteiger partial charge in [0.25, 0.3) is 0 Å². The Morgan fingerprint density at radius 2 is 1.95 bits per heavy atom. The molecule has 1 saturated heterocycles. The number of benzene rings is 1. The lowest BCUT2D eigenvalue weighted by Gasteiger charge is -2.20. The molecule has 0 saturated carbocycles. The third-order valence-electron chi connectivity index (χ3n) is 3.71. The van der Waals surface area contributed by atoms with Crippen LogP contribution in [0.5, 0.6) is 0 Å². The molecule has 1 aromatic rings. The molecule has 1 fully saturated rings. The van der Waals surface area contributed by atoms with Crippen LogP contribution in [-0.2, 0) is 11.2 Å². The number of carboxylic acid groups (broad SMARTS) is 1. The molecule has 118 valence electrons. The van der Waals surface area contributed by atoms with Crippen molar-refractivity contribution in [3.05, 3.63) is 35.4 Å². The van der Waals surface area contributed by atoms with E-state index in [-0.39, 0.29) is 17.8 Å². The highest BCUT2D eigenvalue weighted by Crippen LogP contribution is 2.31. The molecule has 2 unspecified atom stereocenters. The molecule has 1 aliphatic rings. The van der Waals surface area contributed by atoms with Crippen molar-refractivity contribution < 1.29 is 9.90 Å². The van der Waals surface area contributed by atoms with Gasteiger partial charge < -0.3 is 5.11 Å². The van der Waals surface area contributed by atoms with Gasteiger partial charge in [-0.1, -0.05) is 45.0 Å². The number of halogens is 1. The van der Waals surface area contributed by atoms with E-state index in [2.05, 4.69) is 50.4 Å². The highest BCUT2D eigenvalue weighted by Gasteiger charge is 2.32. The van der Waals surface area contributed by atoms with Crippen LogP contribution in [0.4, 0.5) is 0 Å². The fraction of sp³-hybridized carbons (Fsp3) is 0.562. The molecule has 0 radical (unpaired) electrons. The Hall–Kier alpha value is -0.710. The molecule has 3 nitrogen and oxygen atoms in total. The van der Waals surface area contributed by atoms with Crippen molar-refractivity contribution in [1.29, 1.82) is 0 Å². The predicted octanol–water partition coefficient (Wildman–Crippen LogP) is 3.53. The van der Waals surface area contributed by atoms with Crippen LogP contribution in [0.1, 0.15) is 37.8 Å². The molecule has 1 aromatic carbocycles. The summed E-state index contributed by atoms with van der Waals surface area (Å²) in [6.45, 7) is 6.61. The van der Waals surface area contributed by atoms with E-state index >= 15 is 0 Å². The van der Waals surface area contributed by atoms with Gasteiger partial charge in [-0.25, -0.2) is 0 Å². The van der Waals surface area contributed by atoms with E-state index in [4.69, 9.17) is 5.11 Å². The minimum Gasteiger partial charge on any atom is -0.480 e. The molecular weight excluding hydrogens is 306 g/mol. The largest absolute Gasteiger partial charge is 0.480 e. The minimum absolute atomic E-state index is 0. The van der Waals surface area contributed by atoms with Crippen molar-refractivity contribution >= 4 is 30.1 Å². The summed E-state index contributed by atoms with van der Waals surface area (Å²) in [4.78, 5) is 11.0. The van der Waals surface area contributed by atoms with E-state index < -0.39 is 12.0 Å². The second-order valence-corrected chi connectivity index (χ2v) is 7.11. The average Bonchev–Trinajstić information content (AvgIpc) is 2.88. The summed E-state index contributed by atoms with van der Waals surface area (Å²) in [5, 5.41) is 12.4. The van der Waals surface area contributed by atoms with E-state index in [0.717, 1.165) is 6.42 Å². The summed E-state index contributed by atoms with van der Waals surface area (Å²) in [5.74, 6) is 0.883. The average molecular weight is 330 g/mol. The SMILES string of the molecule is CC(C)Cc1ccc(C(C)C2N[C@H](C(=O)O)CS2)cc1.Cl. The Morgan fingerprint density at radius 1 is 1.33 bits per heavy atom. The fourth-order valence-corrected chi connectivity index (χ4v) is 3.87. The van der Waals surface area contributed by atoms with E-state index in [0.29, 0.717) is 17.6 Å². The van der Waals surface area contributed by atoms with Crippen molar-refractivity contribution in [2.75, 3.05) is 5.75 Å². The third-order valence-corrected chi connectivity index (χ3v) is 5.14. The molecule has 1 aliphatic heterocycles. The maximum absolute atomic E-state index is 11.0. The smallest absolute Gasteiger partial charge is 0.321 e. The van der Waals surface area contributed by atoms with E-state index in [1.807, 2.05) is 0 Å². The Morgan fingerprint density at radius 3 is 2.43 bits per heavy atom. The fourth-order valence-electron chi connectivity index (χ4n) is 2.53. The van der Waals surface area contributed by atoms with Crippen molar-refractivity contribution in [1.82, 2.24) is 5.32 Å². The van der Waals surface area contributed by atoms with Crippen LogP contribution >= 0.6 is 24.2 Å². The van der Waals surface area contributed by atoms with Gasteiger partial charge in [0, 0.05) is 11.7 Å². The van der Waals surface area contributed by atoms with Crippen molar-refractivity contribution in [3.63, 3.8) is 0 Å². The summed E-state index contributed by atoms with van der Waals surface area (Å²) in [6.07, 6.45) is 1.10. The number of hydrogen-bond donors (Lipinski definition) is 2. The highest BCUT2D eigenvalue weighted by molar-refractivity contribution is 8.00. The zero-order valence-electron chi connectivity index (χ0n) is 12.7. The molecule has 21 heavy (non-hydrogen) atoms. The van der Waals surface area contributed by atoms with Crippen molar-refractivity contribution in [3.8, 4) is 0 Å². The van der Waals surface area contributed by atoms with Crippen LogP contribution in [0.25, 0.3) is 0 Å². The van der Waals surface area contributed by atoms with Gasteiger partial charge in [-0.15, -0.1) is 24.2 Å². The number of carboxylic acids is 1. The van der Waals surface area contributed by atoms with Gasteiger partial charge in [0.2, 0.25) is 0 Å². The highest BCUT2D eigenvalue weighted by atomic mass is 35.5. The van der Waals surface area contributed by atoms with Crippen molar-refractivity contribution in [2.24, 2.45) is 5.92 Å². The van der Waals surface area contributed by atoms with Gasteiger partial charge >= 0.3 is 5.97 Å². The molecule has 0 aliphatic carbocycles. The molecule has 0 amide bonds. The summed E-state index contributed by atoms with van der Waals surface area (Å²) in [6, 6.07) is 8.34. The normalized spacial score (nSPS) is 22.9. The Bertz CT molecular complexity index is 464. The van der Waals surface area contributed by atoms with Gasteiger partial charge in [-0.3, -0.25) is 10.1 Å². The Balaban J connectivity index is 0.00000220. The molecule has 5 heteroatoms. The number of aliphatic carboxylic acids is 1. The lowest BCUT2D eigenvalue weighted by Crippen LogP contribution is -2.38. The number of carbonyl (C=O) groups is 1. The summed E-state index contributed by atoms with van der Waals surface area (Å²) in [7, 11) is 0. The molecular formula is C16H24ClNO2S. The summed E-state index contributed by atoms with van der Waals surface area (Å²) in [5.41, 5.74) is 2.64. The van der Waals surface area contributed by atoms with Crippen LogP contribution in [0.2, 0.25) is 0 Å². The maximum atomic E-state index is 11.0. The van der Waals surface area contributed by atoms with Gasteiger partial charge in [0.1, 0.15) is 6.04 Å². The van der Waals surface area contributed by atoms with Crippen LogP contribution in [0, 0.1) is 5.92 Å². The summed E-state index contributed by atoms with van der Waals surface area (Å²) < 4.78 is 0. The van der Waals surface area contributed by atoms with Crippen LogP contribution in [0.3, 0.4) is 0 Å². The third kappa shape index (κ3) is 4.90. The first kappa shape index (κ1) is 18.3. The molecule has 0 spiro atoms. The van der Waals surface area contributed by atoms with Crippen LogP contribution in [-0.4, -0.2) is 28.2 Å².